The number of hydrogen-bond acceptors (Lipinski definition) is 3. The summed E-state index contributed by atoms with van der Waals surface area (Å²) in [6, 6.07) is 25.0. The van der Waals surface area contributed by atoms with Gasteiger partial charge in [0.2, 0.25) is 0 Å². The summed E-state index contributed by atoms with van der Waals surface area (Å²) in [4.78, 5) is 15.0. The van der Waals surface area contributed by atoms with E-state index in [-0.39, 0.29) is 17.3 Å². The van der Waals surface area contributed by atoms with Gasteiger partial charge in [0.1, 0.15) is 0 Å². The number of benzene rings is 3. The normalized spacial score (nSPS) is 14.8. The molecule has 0 aliphatic carbocycles. The van der Waals surface area contributed by atoms with Crippen LogP contribution in [0.3, 0.4) is 0 Å². The molecule has 0 spiro atoms. The number of sulfonamides is 1. The molecule has 0 radical (unpaired) electrons. The minimum Gasteiger partial charge on any atom is -0.339 e. The Balaban J connectivity index is 1.67. The molecule has 6 heteroatoms. The number of anilines is 1. The summed E-state index contributed by atoms with van der Waals surface area (Å²) < 4.78 is 28.9. The standard InChI is InChI=1S/C26H28N2O3S/c1-21-15-17-27(18-16-21)26(29)23-11-8-14-25(19-23)32(30,31)28(24-12-6-3-7-13-24)20-22-9-4-2-5-10-22/h2-14,19,21H,15-18,20H2,1H3. The quantitative estimate of drug-likeness (QED) is 0.536. The molecule has 1 heterocycles. The fraction of sp³-hybridized carbons (Fsp3) is 0.269. The first-order valence-electron chi connectivity index (χ1n) is 11.0. The van der Waals surface area contributed by atoms with Crippen LogP contribution < -0.4 is 4.31 Å². The Morgan fingerprint density at radius 2 is 1.53 bits per heavy atom. The lowest BCUT2D eigenvalue weighted by molar-refractivity contribution is 0.0697. The SMILES string of the molecule is CC1CCN(C(=O)c2cccc(S(=O)(=O)N(Cc3ccccc3)c3ccccc3)c2)CC1. The van der Waals surface area contributed by atoms with E-state index >= 15 is 0 Å². The molecule has 1 aliphatic heterocycles. The number of hydrogen-bond donors (Lipinski definition) is 0. The molecular formula is C26H28N2O3S. The van der Waals surface area contributed by atoms with Crippen LogP contribution in [0.25, 0.3) is 0 Å². The van der Waals surface area contributed by atoms with E-state index in [1.54, 1.807) is 30.3 Å². The Kier molecular flexibility index (Phi) is 6.61. The van der Waals surface area contributed by atoms with E-state index < -0.39 is 10.0 Å². The molecule has 0 aromatic heterocycles. The second-order valence-electron chi connectivity index (χ2n) is 8.34. The molecule has 1 aliphatic rings. The highest BCUT2D eigenvalue weighted by atomic mass is 32.2. The molecule has 3 aromatic carbocycles. The first-order chi connectivity index (χ1) is 15.4. The molecule has 1 fully saturated rings. The summed E-state index contributed by atoms with van der Waals surface area (Å²) in [6.07, 6.45) is 1.95. The average molecular weight is 449 g/mol. The Labute approximate surface area is 190 Å². The van der Waals surface area contributed by atoms with E-state index in [0.717, 1.165) is 18.4 Å². The van der Waals surface area contributed by atoms with Gasteiger partial charge in [-0.2, -0.15) is 0 Å². The molecule has 4 rings (SSSR count). The first kappa shape index (κ1) is 22.1. The summed E-state index contributed by atoms with van der Waals surface area (Å²) in [5.74, 6) is 0.506. The minimum atomic E-state index is -3.89. The number of carbonyl (C=O) groups is 1. The van der Waals surface area contributed by atoms with Crippen molar-refractivity contribution in [1.82, 2.24) is 4.90 Å². The van der Waals surface area contributed by atoms with Crippen LogP contribution >= 0.6 is 0 Å². The fourth-order valence-electron chi connectivity index (χ4n) is 3.97. The van der Waals surface area contributed by atoms with Gasteiger partial charge in [-0.05, 0) is 54.7 Å². The molecule has 1 amide bonds. The van der Waals surface area contributed by atoms with Gasteiger partial charge in [0, 0.05) is 18.7 Å². The number of rotatable bonds is 6. The zero-order valence-corrected chi connectivity index (χ0v) is 19.0. The molecule has 0 unspecified atom stereocenters. The smallest absolute Gasteiger partial charge is 0.264 e. The fourth-order valence-corrected chi connectivity index (χ4v) is 5.47. The van der Waals surface area contributed by atoms with Gasteiger partial charge in [-0.3, -0.25) is 9.10 Å². The highest BCUT2D eigenvalue weighted by Crippen LogP contribution is 2.27. The van der Waals surface area contributed by atoms with Crippen molar-refractivity contribution >= 4 is 21.6 Å². The van der Waals surface area contributed by atoms with Crippen LogP contribution in [0.2, 0.25) is 0 Å². The van der Waals surface area contributed by atoms with E-state index in [4.69, 9.17) is 0 Å². The van der Waals surface area contributed by atoms with Crippen LogP contribution in [0.4, 0.5) is 5.69 Å². The highest BCUT2D eigenvalue weighted by Gasteiger charge is 2.27. The van der Waals surface area contributed by atoms with Crippen LogP contribution in [-0.2, 0) is 16.6 Å². The van der Waals surface area contributed by atoms with E-state index in [2.05, 4.69) is 6.92 Å². The second-order valence-corrected chi connectivity index (χ2v) is 10.2. The van der Waals surface area contributed by atoms with Crippen LogP contribution in [0.5, 0.6) is 0 Å². The zero-order chi connectivity index (χ0) is 22.6. The lowest BCUT2D eigenvalue weighted by Crippen LogP contribution is -2.38. The first-order valence-corrected chi connectivity index (χ1v) is 12.4. The molecule has 166 valence electrons. The molecule has 5 nitrogen and oxygen atoms in total. The number of nitrogens with zero attached hydrogens (tertiary/aromatic N) is 2. The number of carbonyl (C=O) groups excluding carboxylic acids is 1. The van der Waals surface area contributed by atoms with Crippen LogP contribution in [-0.4, -0.2) is 32.3 Å². The predicted octanol–water partition coefficient (Wildman–Crippen LogP) is 4.95. The summed E-state index contributed by atoms with van der Waals surface area (Å²) in [5, 5.41) is 0. The van der Waals surface area contributed by atoms with Gasteiger partial charge < -0.3 is 4.90 Å². The summed E-state index contributed by atoms with van der Waals surface area (Å²) >= 11 is 0. The maximum atomic E-state index is 13.7. The van der Waals surface area contributed by atoms with Crippen molar-refractivity contribution in [3.05, 3.63) is 96.1 Å². The molecule has 32 heavy (non-hydrogen) atoms. The maximum Gasteiger partial charge on any atom is 0.264 e. The van der Waals surface area contributed by atoms with E-state index in [0.29, 0.717) is 30.3 Å². The Bertz CT molecular complexity index is 1160. The molecule has 0 atom stereocenters. The summed E-state index contributed by atoms with van der Waals surface area (Å²) in [7, 11) is -3.89. The summed E-state index contributed by atoms with van der Waals surface area (Å²) in [5.41, 5.74) is 1.88. The van der Waals surface area contributed by atoms with Crippen molar-refractivity contribution in [3.63, 3.8) is 0 Å². The van der Waals surface area contributed by atoms with Gasteiger partial charge in [0.15, 0.2) is 0 Å². The Morgan fingerprint density at radius 3 is 2.19 bits per heavy atom. The third-order valence-corrected chi connectivity index (χ3v) is 7.72. The van der Waals surface area contributed by atoms with Gasteiger partial charge in [0.25, 0.3) is 15.9 Å². The third kappa shape index (κ3) is 4.86. The van der Waals surface area contributed by atoms with Crippen molar-refractivity contribution < 1.29 is 13.2 Å². The van der Waals surface area contributed by atoms with Crippen molar-refractivity contribution in [3.8, 4) is 0 Å². The van der Waals surface area contributed by atoms with Crippen LogP contribution in [0, 0.1) is 5.92 Å². The zero-order valence-electron chi connectivity index (χ0n) is 18.2. The van der Waals surface area contributed by atoms with E-state index in [1.165, 1.54) is 10.4 Å². The third-order valence-electron chi connectivity index (χ3n) is 5.95. The average Bonchev–Trinajstić information content (AvgIpc) is 2.84. The molecule has 1 saturated heterocycles. The lowest BCUT2D eigenvalue weighted by atomic mass is 9.98. The van der Waals surface area contributed by atoms with Gasteiger partial charge in [-0.1, -0.05) is 61.5 Å². The molecular weight excluding hydrogens is 420 g/mol. The topological polar surface area (TPSA) is 57.7 Å². The monoisotopic (exact) mass is 448 g/mol. The van der Waals surface area contributed by atoms with Gasteiger partial charge in [0.05, 0.1) is 17.1 Å². The number of likely N-dealkylation sites (tertiary alicyclic amines) is 1. The molecule has 0 saturated carbocycles. The lowest BCUT2D eigenvalue weighted by Gasteiger charge is -2.30. The molecule has 0 bridgehead atoms. The minimum absolute atomic E-state index is 0.108. The van der Waals surface area contributed by atoms with Crippen molar-refractivity contribution in [1.29, 1.82) is 0 Å². The second kappa shape index (κ2) is 9.57. The highest BCUT2D eigenvalue weighted by molar-refractivity contribution is 7.92. The van der Waals surface area contributed by atoms with Gasteiger partial charge in [-0.25, -0.2) is 8.42 Å². The number of amides is 1. The van der Waals surface area contributed by atoms with Crippen LogP contribution in [0.1, 0.15) is 35.7 Å². The van der Waals surface area contributed by atoms with Crippen molar-refractivity contribution in [2.45, 2.75) is 31.2 Å². The van der Waals surface area contributed by atoms with Crippen molar-refractivity contribution in [2.24, 2.45) is 5.92 Å². The Morgan fingerprint density at radius 1 is 0.906 bits per heavy atom. The van der Waals surface area contributed by atoms with Gasteiger partial charge in [-0.15, -0.1) is 0 Å². The molecule has 3 aromatic rings. The van der Waals surface area contributed by atoms with E-state index in [1.807, 2.05) is 53.4 Å². The Hall–Kier alpha value is -3.12. The largest absolute Gasteiger partial charge is 0.339 e. The molecule has 0 N–H and O–H groups in total. The van der Waals surface area contributed by atoms with Gasteiger partial charge >= 0.3 is 0 Å². The summed E-state index contributed by atoms with van der Waals surface area (Å²) in [6.45, 7) is 3.82. The number of piperidine rings is 1. The predicted molar refractivity (Wildman–Crippen MR) is 127 cm³/mol. The van der Waals surface area contributed by atoms with Crippen molar-refractivity contribution in [2.75, 3.05) is 17.4 Å². The maximum absolute atomic E-state index is 13.7. The van der Waals surface area contributed by atoms with Crippen LogP contribution in [0.15, 0.2) is 89.8 Å². The number of para-hydroxylation sites is 1. The van der Waals surface area contributed by atoms with E-state index in [9.17, 15) is 13.2 Å².